The summed E-state index contributed by atoms with van der Waals surface area (Å²) in [6.07, 6.45) is 3.39. The van der Waals surface area contributed by atoms with Gasteiger partial charge in [-0.2, -0.15) is 0 Å². The second-order valence-corrected chi connectivity index (χ2v) is 8.24. The van der Waals surface area contributed by atoms with Crippen LogP contribution in [-0.2, 0) is 9.53 Å². The number of hydrogen-bond donors (Lipinski definition) is 0. The Morgan fingerprint density at radius 2 is 1.97 bits per heavy atom. The zero-order valence-electron chi connectivity index (χ0n) is 17.4. The highest BCUT2D eigenvalue weighted by Gasteiger charge is 2.32. The first kappa shape index (κ1) is 21.9. The van der Waals surface area contributed by atoms with Crippen molar-refractivity contribution in [3.63, 3.8) is 0 Å². The summed E-state index contributed by atoms with van der Waals surface area (Å²) >= 11 is 1.35. The van der Waals surface area contributed by atoms with Crippen LogP contribution < -0.4 is 9.47 Å². The number of thioether (sulfide) groups is 1. The summed E-state index contributed by atoms with van der Waals surface area (Å²) in [5.41, 5.74) is 0.407. The summed E-state index contributed by atoms with van der Waals surface area (Å²) in [6.45, 7) is 1.03. The van der Waals surface area contributed by atoms with Gasteiger partial charge in [0.05, 0.1) is 11.0 Å². The lowest BCUT2D eigenvalue weighted by Crippen LogP contribution is -2.34. The average molecular weight is 458 g/mol. The minimum absolute atomic E-state index is 0.161. The predicted molar refractivity (Wildman–Crippen MR) is 116 cm³/mol. The molecule has 4 rings (SSSR count). The van der Waals surface area contributed by atoms with Crippen LogP contribution in [0.15, 0.2) is 41.3 Å². The Morgan fingerprint density at radius 3 is 2.72 bits per heavy atom. The zero-order chi connectivity index (χ0) is 22.7. The molecule has 0 saturated carbocycles. The Morgan fingerprint density at radius 1 is 1.19 bits per heavy atom. The number of benzene rings is 2. The first-order valence-corrected chi connectivity index (χ1v) is 11.4. The van der Waals surface area contributed by atoms with Gasteiger partial charge in [0.1, 0.15) is 18.8 Å². The van der Waals surface area contributed by atoms with Crippen molar-refractivity contribution in [1.29, 1.82) is 0 Å². The Balaban J connectivity index is 1.45. The summed E-state index contributed by atoms with van der Waals surface area (Å²) in [5.74, 6) is 0.0924. The number of esters is 1. The van der Waals surface area contributed by atoms with E-state index < -0.39 is 17.5 Å². The molecule has 9 nitrogen and oxygen atoms in total. The molecular weight excluding hydrogens is 436 g/mol. The summed E-state index contributed by atoms with van der Waals surface area (Å²) in [6, 6.07) is 9.70. The van der Waals surface area contributed by atoms with Gasteiger partial charge in [-0.25, -0.2) is 4.79 Å². The van der Waals surface area contributed by atoms with Crippen molar-refractivity contribution >= 4 is 29.3 Å². The third-order valence-corrected chi connectivity index (χ3v) is 6.20. The molecule has 2 aliphatic rings. The lowest BCUT2D eigenvalue weighted by Gasteiger charge is -2.26. The SMILES string of the molecule is CSc1ccc([N+](=O)[O-])c(C(=O)OCC(=O)N2CCCC2c2ccc3c(c2)OCCO3)c1. The van der Waals surface area contributed by atoms with Gasteiger partial charge in [0, 0.05) is 17.5 Å². The molecule has 0 bridgehead atoms. The van der Waals surface area contributed by atoms with E-state index in [4.69, 9.17) is 14.2 Å². The highest BCUT2D eigenvalue weighted by Crippen LogP contribution is 2.38. The Bertz CT molecular complexity index is 1060. The largest absolute Gasteiger partial charge is 0.486 e. The minimum atomic E-state index is -0.893. The molecule has 1 atom stereocenters. The molecule has 0 radical (unpaired) electrons. The van der Waals surface area contributed by atoms with Gasteiger partial charge in [-0.3, -0.25) is 14.9 Å². The third-order valence-electron chi connectivity index (χ3n) is 5.47. The van der Waals surface area contributed by atoms with Crippen molar-refractivity contribution in [2.24, 2.45) is 0 Å². The molecule has 2 aromatic carbocycles. The molecule has 0 aliphatic carbocycles. The van der Waals surface area contributed by atoms with Gasteiger partial charge in [0.2, 0.25) is 0 Å². The number of carbonyl (C=O) groups excluding carboxylic acids is 2. The van der Waals surface area contributed by atoms with Gasteiger partial charge < -0.3 is 19.1 Å². The quantitative estimate of drug-likeness (QED) is 0.280. The topological polar surface area (TPSA) is 108 Å². The molecule has 0 aromatic heterocycles. The van der Waals surface area contributed by atoms with Crippen LogP contribution in [0.3, 0.4) is 0 Å². The molecule has 0 spiro atoms. The maximum atomic E-state index is 12.9. The van der Waals surface area contributed by atoms with Crippen LogP contribution in [0.5, 0.6) is 11.5 Å². The second-order valence-electron chi connectivity index (χ2n) is 7.36. The first-order chi connectivity index (χ1) is 15.5. The standard InChI is InChI=1S/C22H22N2O7S/c1-32-15-5-6-18(24(27)28)16(12-15)22(26)31-13-21(25)23-8-2-3-17(23)14-4-7-19-20(11-14)30-10-9-29-19/h4-7,11-12,17H,2-3,8-10,13H2,1H3. The van der Waals surface area contributed by atoms with Crippen LogP contribution in [-0.4, -0.2) is 54.3 Å². The van der Waals surface area contributed by atoms with Crippen LogP contribution in [0, 0.1) is 10.1 Å². The van der Waals surface area contributed by atoms with E-state index in [-0.39, 0.29) is 23.2 Å². The van der Waals surface area contributed by atoms with Crippen molar-refractivity contribution in [1.82, 2.24) is 4.90 Å². The van der Waals surface area contributed by atoms with E-state index in [0.717, 1.165) is 18.4 Å². The van der Waals surface area contributed by atoms with E-state index in [1.807, 2.05) is 18.2 Å². The fourth-order valence-electron chi connectivity index (χ4n) is 3.93. The lowest BCUT2D eigenvalue weighted by molar-refractivity contribution is -0.385. The normalized spacial score (nSPS) is 17.2. The van der Waals surface area contributed by atoms with Gasteiger partial charge in [-0.1, -0.05) is 6.07 Å². The number of likely N-dealkylation sites (tertiary alicyclic amines) is 1. The van der Waals surface area contributed by atoms with Crippen molar-refractivity contribution in [2.75, 3.05) is 32.6 Å². The number of hydrogen-bond acceptors (Lipinski definition) is 8. The average Bonchev–Trinajstić information content (AvgIpc) is 3.31. The zero-order valence-corrected chi connectivity index (χ0v) is 18.3. The number of amides is 1. The molecule has 10 heteroatoms. The number of nitrogens with zero attached hydrogens (tertiary/aromatic N) is 2. The van der Waals surface area contributed by atoms with E-state index in [1.165, 1.54) is 23.9 Å². The number of rotatable bonds is 6. The number of nitro groups is 1. The van der Waals surface area contributed by atoms with E-state index in [2.05, 4.69) is 0 Å². The summed E-state index contributed by atoms with van der Waals surface area (Å²) in [7, 11) is 0. The molecule has 0 N–H and O–H groups in total. The molecule has 32 heavy (non-hydrogen) atoms. The molecule has 2 aliphatic heterocycles. The summed E-state index contributed by atoms with van der Waals surface area (Å²) in [4.78, 5) is 38.4. The van der Waals surface area contributed by atoms with Crippen molar-refractivity contribution in [3.05, 3.63) is 57.6 Å². The minimum Gasteiger partial charge on any atom is -0.486 e. The van der Waals surface area contributed by atoms with Crippen LogP contribution in [0.25, 0.3) is 0 Å². The summed E-state index contributed by atoms with van der Waals surface area (Å²) < 4.78 is 16.4. The first-order valence-electron chi connectivity index (χ1n) is 10.2. The van der Waals surface area contributed by atoms with Crippen molar-refractivity contribution in [3.8, 4) is 11.5 Å². The highest BCUT2D eigenvalue weighted by molar-refractivity contribution is 7.98. The maximum absolute atomic E-state index is 12.9. The lowest BCUT2D eigenvalue weighted by atomic mass is 10.0. The van der Waals surface area contributed by atoms with Gasteiger partial charge in [-0.15, -0.1) is 11.8 Å². The maximum Gasteiger partial charge on any atom is 0.345 e. The molecular formula is C22H22N2O7S. The highest BCUT2D eigenvalue weighted by atomic mass is 32.2. The van der Waals surface area contributed by atoms with Crippen molar-refractivity contribution in [2.45, 2.75) is 23.8 Å². The third kappa shape index (κ3) is 4.50. The van der Waals surface area contributed by atoms with Gasteiger partial charge >= 0.3 is 5.97 Å². The Kier molecular flexibility index (Phi) is 6.50. The van der Waals surface area contributed by atoms with Gasteiger partial charge in [0.15, 0.2) is 18.1 Å². The fraction of sp³-hybridized carbons (Fsp3) is 0.364. The second kappa shape index (κ2) is 9.47. The smallest absolute Gasteiger partial charge is 0.345 e. The molecule has 1 amide bonds. The van der Waals surface area contributed by atoms with Crippen molar-refractivity contribution < 1.29 is 28.7 Å². The van der Waals surface area contributed by atoms with E-state index in [1.54, 1.807) is 17.2 Å². The fourth-order valence-corrected chi connectivity index (χ4v) is 4.37. The van der Waals surface area contributed by atoms with E-state index in [9.17, 15) is 19.7 Å². The van der Waals surface area contributed by atoms with Crippen LogP contribution in [0.1, 0.15) is 34.8 Å². The van der Waals surface area contributed by atoms with E-state index >= 15 is 0 Å². The van der Waals surface area contributed by atoms with Crippen LogP contribution in [0.2, 0.25) is 0 Å². The van der Waals surface area contributed by atoms with E-state index in [0.29, 0.717) is 36.2 Å². The molecule has 1 saturated heterocycles. The van der Waals surface area contributed by atoms with Gasteiger partial charge in [0.25, 0.3) is 11.6 Å². The Labute approximate surface area is 188 Å². The molecule has 1 fully saturated rings. The number of fused-ring (bicyclic) bond motifs is 1. The number of nitro benzene ring substituents is 1. The monoisotopic (exact) mass is 458 g/mol. The molecule has 1 unspecified atom stereocenters. The Hall–Kier alpha value is -3.27. The van der Waals surface area contributed by atoms with Gasteiger partial charge in [-0.05, 0) is 48.9 Å². The van der Waals surface area contributed by atoms with Crippen LogP contribution >= 0.6 is 11.8 Å². The number of carbonyl (C=O) groups is 2. The molecule has 168 valence electrons. The molecule has 2 aromatic rings. The summed E-state index contributed by atoms with van der Waals surface area (Å²) in [5, 5.41) is 11.3. The number of ether oxygens (including phenoxy) is 3. The molecule has 2 heterocycles. The van der Waals surface area contributed by atoms with Crippen LogP contribution in [0.4, 0.5) is 5.69 Å². The predicted octanol–water partition coefficient (Wildman–Crippen LogP) is 3.61.